The summed E-state index contributed by atoms with van der Waals surface area (Å²) in [5.74, 6) is -0.385. The lowest BCUT2D eigenvalue weighted by Gasteiger charge is -2.46. The zero-order valence-corrected chi connectivity index (χ0v) is 20.7. The number of halogens is 1. The van der Waals surface area contributed by atoms with Crippen LogP contribution in [0.3, 0.4) is 0 Å². The van der Waals surface area contributed by atoms with Crippen molar-refractivity contribution < 1.29 is 18.7 Å². The van der Waals surface area contributed by atoms with E-state index in [2.05, 4.69) is 15.6 Å². The molecule has 2 N–H and O–H groups in total. The SMILES string of the molecule is Cc1ccc(NC(=O)NCc2cccc(N3[C@H](C)CN(C(=O)OC(C)(C)C)C[C@@H]3C)c2F)cn1. The Bertz CT molecular complexity index is 1010. The van der Waals surface area contributed by atoms with Gasteiger partial charge in [-0.3, -0.25) is 4.98 Å². The highest BCUT2D eigenvalue weighted by Crippen LogP contribution is 2.29. The Morgan fingerprint density at radius 3 is 2.41 bits per heavy atom. The van der Waals surface area contributed by atoms with Gasteiger partial charge in [-0.15, -0.1) is 0 Å². The van der Waals surface area contributed by atoms with Gasteiger partial charge >= 0.3 is 12.1 Å². The number of urea groups is 1. The van der Waals surface area contributed by atoms with E-state index < -0.39 is 11.6 Å². The third-order valence-corrected chi connectivity index (χ3v) is 5.52. The molecule has 0 unspecified atom stereocenters. The van der Waals surface area contributed by atoms with Crippen LogP contribution in [0, 0.1) is 12.7 Å². The number of hydrogen-bond donors (Lipinski definition) is 2. The van der Waals surface area contributed by atoms with Gasteiger partial charge in [0.05, 0.1) is 17.6 Å². The Kier molecular flexibility index (Phi) is 7.64. The normalized spacial score (nSPS) is 18.4. The third-order valence-electron chi connectivity index (χ3n) is 5.52. The molecule has 2 aromatic rings. The summed E-state index contributed by atoms with van der Waals surface area (Å²) in [6.07, 6.45) is 1.20. The van der Waals surface area contributed by atoms with Crippen molar-refractivity contribution in [3.8, 4) is 0 Å². The highest BCUT2D eigenvalue weighted by Gasteiger charge is 2.35. The highest BCUT2D eigenvalue weighted by molar-refractivity contribution is 5.89. The van der Waals surface area contributed by atoms with Gasteiger partial charge in [0.15, 0.2) is 5.82 Å². The first-order valence-corrected chi connectivity index (χ1v) is 11.5. The summed E-state index contributed by atoms with van der Waals surface area (Å²) in [5.41, 5.74) is 1.66. The maximum atomic E-state index is 15.5. The third kappa shape index (κ3) is 6.36. The van der Waals surface area contributed by atoms with E-state index in [4.69, 9.17) is 4.74 Å². The standard InChI is InChI=1S/C25H34FN5O3/c1-16-10-11-20(13-27-16)29-23(32)28-12-19-8-7-9-21(22(19)26)31-17(2)14-30(15-18(31)3)24(33)34-25(4,5)6/h7-11,13,17-18H,12,14-15H2,1-6H3,(H2,28,29,32)/t17-,18+. The number of nitrogens with zero attached hydrogens (tertiary/aromatic N) is 3. The molecule has 1 aromatic heterocycles. The first-order chi connectivity index (χ1) is 15.9. The van der Waals surface area contributed by atoms with Gasteiger partial charge in [-0.2, -0.15) is 0 Å². The number of anilines is 2. The van der Waals surface area contributed by atoms with E-state index in [1.165, 1.54) is 0 Å². The molecule has 8 nitrogen and oxygen atoms in total. The van der Waals surface area contributed by atoms with E-state index in [0.717, 1.165) is 5.69 Å². The number of hydrogen-bond acceptors (Lipinski definition) is 5. The van der Waals surface area contributed by atoms with Crippen LogP contribution in [0.1, 0.15) is 45.9 Å². The number of carbonyl (C=O) groups excluding carboxylic acids is 2. The van der Waals surface area contributed by atoms with Gasteiger partial charge in [0.25, 0.3) is 0 Å². The summed E-state index contributed by atoms with van der Waals surface area (Å²) in [5, 5.41) is 5.38. The number of ether oxygens (including phenoxy) is 1. The Labute approximate surface area is 200 Å². The molecule has 1 aromatic carbocycles. The fraction of sp³-hybridized carbons (Fsp3) is 0.480. The molecule has 0 bridgehead atoms. The molecule has 0 spiro atoms. The number of aromatic nitrogens is 1. The van der Waals surface area contributed by atoms with Gasteiger partial charge in [-0.1, -0.05) is 12.1 Å². The molecule has 2 atom stereocenters. The van der Waals surface area contributed by atoms with Crippen molar-refractivity contribution in [2.24, 2.45) is 0 Å². The molecule has 0 aliphatic carbocycles. The smallest absolute Gasteiger partial charge is 0.410 e. The van der Waals surface area contributed by atoms with Crippen molar-refractivity contribution in [2.45, 2.75) is 65.8 Å². The molecule has 1 fully saturated rings. The fourth-order valence-corrected chi connectivity index (χ4v) is 4.07. The summed E-state index contributed by atoms with van der Waals surface area (Å²) in [6, 6.07) is 8.02. The molecule has 2 heterocycles. The summed E-state index contributed by atoms with van der Waals surface area (Å²) >= 11 is 0. The van der Waals surface area contributed by atoms with Crippen molar-refractivity contribution in [1.29, 1.82) is 0 Å². The van der Waals surface area contributed by atoms with E-state index in [1.807, 2.05) is 46.4 Å². The molecule has 0 saturated carbocycles. The van der Waals surface area contributed by atoms with Crippen LogP contribution in [-0.2, 0) is 11.3 Å². The number of nitrogens with one attached hydrogen (secondary N) is 2. The largest absolute Gasteiger partial charge is 0.444 e. The number of benzene rings is 1. The predicted molar refractivity (Wildman–Crippen MR) is 130 cm³/mol. The first kappa shape index (κ1) is 25.3. The lowest BCUT2D eigenvalue weighted by atomic mass is 10.0. The summed E-state index contributed by atoms with van der Waals surface area (Å²) in [6.45, 7) is 12.2. The average molecular weight is 472 g/mol. The van der Waals surface area contributed by atoms with Crippen molar-refractivity contribution in [2.75, 3.05) is 23.3 Å². The molecule has 184 valence electrons. The maximum absolute atomic E-state index is 15.5. The van der Waals surface area contributed by atoms with Crippen molar-refractivity contribution in [1.82, 2.24) is 15.2 Å². The minimum absolute atomic E-state index is 0.0332. The molecule has 0 radical (unpaired) electrons. The molecule has 1 aliphatic heterocycles. The van der Waals surface area contributed by atoms with Gasteiger partial charge in [0.2, 0.25) is 0 Å². The van der Waals surface area contributed by atoms with Crippen LogP contribution in [0.4, 0.5) is 25.4 Å². The van der Waals surface area contributed by atoms with E-state index in [1.54, 1.807) is 41.4 Å². The lowest BCUT2D eigenvalue weighted by molar-refractivity contribution is 0.0192. The summed E-state index contributed by atoms with van der Waals surface area (Å²) in [7, 11) is 0. The van der Waals surface area contributed by atoms with Crippen LogP contribution in [0.5, 0.6) is 0 Å². The van der Waals surface area contributed by atoms with Gasteiger partial charge in [-0.05, 0) is 59.7 Å². The second-order valence-electron chi connectivity index (χ2n) is 9.74. The van der Waals surface area contributed by atoms with Gasteiger partial charge in [0.1, 0.15) is 5.60 Å². The number of piperazine rings is 1. The van der Waals surface area contributed by atoms with Crippen LogP contribution in [0.25, 0.3) is 0 Å². The Morgan fingerprint density at radius 2 is 1.82 bits per heavy atom. The molecule has 9 heteroatoms. The zero-order valence-electron chi connectivity index (χ0n) is 20.7. The number of amides is 3. The molecule has 3 amide bonds. The lowest BCUT2D eigenvalue weighted by Crippen LogP contribution is -2.59. The van der Waals surface area contributed by atoms with E-state index in [9.17, 15) is 9.59 Å². The summed E-state index contributed by atoms with van der Waals surface area (Å²) < 4.78 is 21.0. The van der Waals surface area contributed by atoms with Gasteiger partial charge in [0, 0.05) is 43.0 Å². The zero-order chi connectivity index (χ0) is 25.0. The van der Waals surface area contributed by atoms with Crippen molar-refractivity contribution in [3.05, 3.63) is 53.6 Å². The highest BCUT2D eigenvalue weighted by atomic mass is 19.1. The van der Waals surface area contributed by atoms with E-state index >= 15 is 4.39 Å². The summed E-state index contributed by atoms with van der Waals surface area (Å²) in [4.78, 5) is 32.6. The first-order valence-electron chi connectivity index (χ1n) is 11.5. The molecular weight excluding hydrogens is 437 g/mol. The van der Waals surface area contributed by atoms with E-state index in [-0.39, 0.29) is 30.5 Å². The number of aryl methyl sites for hydroxylation is 1. The van der Waals surface area contributed by atoms with Crippen LogP contribution in [0.2, 0.25) is 0 Å². The molecule has 1 aliphatic rings. The second kappa shape index (κ2) is 10.3. The van der Waals surface area contributed by atoms with Gasteiger partial charge < -0.3 is 25.2 Å². The van der Waals surface area contributed by atoms with Crippen molar-refractivity contribution in [3.63, 3.8) is 0 Å². The predicted octanol–water partition coefficient (Wildman–Crippen LogP) is 4.68. The Hall–Kier alpha value is -3.36. The van der Waals surface area contributed by atoms with Crippen LogP contribution < -0.4 is 15.5 Å². The van der Waals surface area contributed by atoms with Gasteiger partial charge in [-0.25, -0.2) is 14.0 Å². The van der Waals surface area contributed by atoms with Crippen LogP contribution >= 0.6 is 0 Å². The van der Waals surface area contributed by atoms with Crippen molar-refractivity contribution >= 4 is 23.5 Å². The fourth-order valence-electron chi connectivity index (χ4n) is 4.07. The maximum Gasteiger partial charge on any atom is 0.410 e. The molecule has 1 saturated heterocycles. The Balaban J connectivity index is 1.66. The van der Waals surface area contributed by atoms with Crippen LogP contribution in [0.15, 0.2) is 36.5 Å². The number of pyridine rings is 1. The number of carbonyl (C=O) groups is 2. The molecular formula is C25H34FN5O3. The number of rotatable bonds is 4. The van der Waals surface area contributed by atoms with E-state index in [0.29, 0.717) is 30.0 Å². The average Bonchev–Trinajstić information content (AvgIpc) is 2.74. The minimum atomic E-state index is -0.573. The quantitative estimate of drug-likeness (QED) is 0.676. The second-order valence-corrected chi connectivity index (χ2v) is 9.74. The molecule has 3 rings (SSSR count). The monoisotopic (exact) mass is 471 g/mol. The Morgan fingerprint density at radius 1 is 1.15 bits per heavy atom. The van der Waals surface area contributed by atoms with Crippen LogP contribution in [-0.4, -0.2) is 52.8 Å². The molecule has 34 heavy (non-hydrogen) atoms. The minimum Gasteiger partial charge on any atom is -0.444 e. The topological polar surface area (TPSA) is 86.8 Å².